The lowest BCUT2D eigenvalue weighted by atomic mass is 10.1. The minimum Gasteiger partial charge on any atom is -0.489 e. The molecule has 0 saturated heterocycles. The fourth-order valence-corrected chi connectivity index (χ4v) is 2.49. The molecule has 0 fully saturated rings. The Bertz CT molecular complexity index is 645. The number of rotatable bonds is 3. The van der Waals surface area contributed by atoms with Crippen LogP contribution in [0.2, 0.25) is 0 Å². The van der Waals surface area contributed by atoms with Crippen LogP contribution >= 0.6 is 0 Å². The molecule has 0 bridgehead atoms. The lowest BCUT2D eigenvalue weighted by Gasteiger charge is -2.08. The molecule has 0 atom stereocenters. The van der Waals surface area contributed by atoms with Gasteiger partial charge in [0.05, 0.1) is 5.71 Å². The quantitative estimate of drug-likeness (QED) is 0.680. The van der Waals surface area contributed by atoms with Crippen LogP contribution in [0.5, 0.6) is 5.75 Å². The average molecular weight is 267 g/mol. The summed E-state index contributed by atoms with van der Waals surface area (Å²) in [6, 6.07) is 14.3. The maximum absolute atomic E-state index is 8.91. The van der Waals surface area contributed by atoms with Crippen molar-refractivity contribution < 1.29 is 9.94 Å². The summed E-state index contributed by atoms with van der Waals surface area (Å²) in [5, 5.41) is 12.2. The molecule has 0 aliphatic heterocycles. The molecule has 0 amide bonds. The number of hydrogen-bond donors (Lipinski definition) is 1. The van der Waals surface area contributed by atoms with Crippen LogP contribution in [0.3, 0.4) is 0 Å². The maximum atomic E-state index is 8.91. The molecule has 0 saturated carbocycles. The third-order valence-corrected chi connectivity index (χ3v) is 3.67. The van der Waals surface area contributed by atoms with Gasteiger partial charge in [-0.2, -0.15) is 0 Å². The Morgan fingerprint density at radius 1 is 1.10 bits per heavy atom. The predicted molar refractivity (Wildman–Crippen MR) is 78.6 cm³/mol. The van der Waals surface area contributed by atoms with Crippen LogP contribution in [0.4, 0.5) is 0 Å². The van der Waals surface area contributed by atoms with Crippen molar-refractivity contribution in [3.05, 3.63) is 64.7 Å². The zero-order valence-electron chi connectivity index (χ0n) is 11.5. The van der Waals surface area contributed by atoms with E-state index in [1.165, 1.54) is 11.1 Å². The van der Waals surface area contributed by atoms with Gasteiger partial charge in [-0.1, -0.05) is 35.0 Å². The smallest absolute Gasteiger partial charge is 0.120 e. The molecule has 0 spiro atoms. The molecule has 2 aromatic carbocycles. The van der Waals surface area contributed by atoms with E-state index in [4.69, 9.17) is 9.94 Å². The van der Waals surface area contributed by atoms with Crippen LogP contribution in [0, 0.1) is 6.92 Å². The first-order valence-electron chi connectivity index (χ1n) is 6.79. The van der Waals surface area contributed by atoms with Crippen molar-refractivity contribution in [2.45, 2.75) is 26.4 Å². The van der Waals surface area contributed by atoms with Crippen molar-refractivity contribution in [2.24, 2.45) is 5.16 Å². The van der Waals surface area contributed by atoms with Crippen molar-refractivity contribution >= 4 is 5.71 Å². The van der Waals surface area contributed by atoms with E-state index in [9.17, 15) is 0 Å². The zero-order valence-corrected chi connectivity index (χ0v) is 11.5. The highest BCUT2D eigenvalue weighted by atomic mass is 16.5. The summed E-state index contributed by atoms with van der Waals surface area (Å²) in [6.07, 6.45) is 1.71. The molecule has 20 heavy (non-hydrogen) atoms. The van der Waals surface area contributed by atoms with E-state index in [1.54, 1.807) is 0 Å². The van der Waals surface area contributed by atoms with Crippen LogP contribution in [-0.4, -0.2) is 10.9 Å². The van der Waals surface area contributed by atoms with Gasteiger partial charge in [-0.25, -0.2) is 0 Å². The maximum Gasteiger partial charge on any atom is 0.120 e. The standard InChI is InChI=1S/C17H17NO2/c1-12-2-4-13(5-3-12)11-20-15-7-8-16-14(10-15)6-9-17(16)18-19/h2-5,7-8,10,19H,6,9,11H2,1H3/b18-17+. The molecular formula is C17H17NO2. The van der Waals surface area contributed by atoms with Crippen LogP contribution in [0.25, 0.3) is 0 Å². The van der Waals surface area contributed by atoms with E-state index in [0.717, 1.165) is 35.4 Å². The van der Waals surface area contributed by atoms with Gasteiger partial charge in [0.15, 0.2) is 0 Å². The largest absolute Gasteiger partial charge is 0.489 e. The lowest BCUT2D eigenvalue weighted by Crippen LogP contribution is -1.97. The number of oxime groups is 1. The first-order valence-corrected chi connectivity index (χ1v) is 6.79. The molecule has 102 valence electrons. The normalized spacial score (nSPS) is 15.3. The SMILES string of the molecule is Cc1ccc(COc2ccc3c(c2)CC/C3=N\O)cc1. The molecule has 1 aliphatic rings. The second kappa shape index (κ2) is 5.37. The molecule has 0 heterocycles. The van der Waals surface area contributed by atoms with Crippen molar-refractivity contribution in [1.29, 1.82) is 0 Å². The van der Waals surface area contributed by atoms with Crippen LogP contribution < -0.4 is 4.74 Å². The second-order valence-electron chi connectivity index (χ2n) is 5.14. The molecule has 0 radical (unpaired) electrons. The van der Waals surface area contributed by atoms with Gasteiger partial charge in [-0.05, 0) is 49.1 Å². The Morgan fingerprint density at radius 3 is 2.65 bits per heavy atom. The Kier molecular flexibility index (Phi) is 3.42. The fraction of sp³-hybridized carbons (Fsp3) is 0.235. The number of fused-ring (bicyclic) bond motifs is 1. The van der Waals surface area contributed by atoms with E-state index in [2.05, 4.69) is 36.3 Å². The van der Waals surface area contributed by atoms with Crippen molar-refractivity contribution in [3.8, 4) is 5.75 Å². The van der Waals surface area contributed by atoms with E-state index >= 15 is 0 Å². The Morgan fingerprint density at radius 2 is 1.90 bits per heavy atom. The second-order valence-corrected chi connectivity index (χ2v) is 5.14. The van der Waals surface area contributed by atoms with Crippen LogP contribution in [0.15, 0.2) is 47.6 Å². The van der Waals surface area contributed by atoms with Gasteiger partial charge >= 0.3 is 0 Å². The predicted octanol–water partition coefficient (Wildman–Crippen LogP) is 3.70. The van der Waals surface area contributed by atoms with Gasteiger partial charge in [-0.3, -0.25) is 0 Å². The van der Waals surface area contributed by atoms with Crippen molar-refractivity contribution in [1.82, 2.24) is 0 Å². The van der Waals surface area contributed by atoms with Gasteiger partial charge in [0.2, 0.25) is 0 Å². The minimum absolute atomic E-state index is 0.569. The Labute approximate surface area is 118 Å². The summed E-state index contributed by atoms with van der Waals surface area (Å²) < 4.78 is 5.82. The number of benzene rings is 2. The average Bonchev–Trinajstić information content (AvgIpc) is 2.89. The molecule has 3 heteroatoms. The lowest BCUT2D eigenvalue weighted by molar-refractivity contribution is 0.306. The molecule has 3 rings (SSSR count). The summed E-state index contributed by atoms with van der Waals surface area (Å²) in [5.74, 6) is 0.864. The number of ether oxygens (including phenoxy) is 1. The number of aryl methyl sites for hydroxylation is 2. The highest BCUT2D eigenvalue weighted by molar-refractivity contribution is 6.04. The summed E-state index contributed by atoms with van der Waals surface area (Å²) in [5.41, 5.74) is 5.41. The summed E-state index contributed by atoms with van der Waals surface area (Å²) in [6.45, 7) is 2.64. The van der Waals surface area contributed by atoms with Crippen LogP contribution in [0.1, 0.15) is 28.7 Å². The highest BCUT2D eigenvalue weighted by Crippen LogP contribution is 2.27. The van der Waals surface area contributed by atoms with Gasteiger partial charge in [0.1, 0.15) is 12.4 Å². The first-order chi connectivity index (χ1) is 9.76. The third kappa shape index (κ3) is 2.52. The third-order valence-electron chi connectivity index (χ3n) is 3.67. The molecule has 3 nitrogen and oxygen atoms in total. The van der Waals surface area contributed by atoms with Gasteiger partial charge < -0.3 is 9.94 Å². The van der Waals surface area contributed by atoms with E-state index in [-0.39, 0.29) is 0 Å². The number of hydrogen-bond acceptors (Lipinski definition) is 3. The fourth-order valence-electron chi connectivity index (χ4n) is 2.49. The summed E-state index contributed by atoms with van der Waals surface area (Å²) in [7, 11) is 0. The number of nitrogens with zero attached hydrogens (tertiary/aromatic N) is 1. The highest BCUT2D eigenvalue weighted by Gasteiger charge is 2.18. The molecule has 0 unspecified atom stereocenters. The molecule has 1 aliphatic carbocycles. The molecule has 2 aromatic rings. The molecular weight excluding hydrogens is 250 g/mol. The van der Waals surface area contributed by atoms with E-state index in [1.807, 2.05) is 18.2 Å². The van der Waals surface area contributed by atoms with Gasteiger partial charge in [0.25, 0.3) is 0 Å². The van der Waals surface area contributed by atoms with E-state index in [0.29, 0.717) is 6.61 Å². The summed E-state index contributed by atoms with van der Waals surface area (Å²) in [4.78, 5) is 0. The monoisotopic (exact) mass is 267 g/mol. The topological polar surface area (TPSA) is 41.8 Å². The van der Waals surface area contributed by atoms with Gasteiger partial charge in [0, 0.05) is 5.56 Å². The van der Waals surface area contributed by atoms with Crippen molar-refractivity contribution in [3.63, 3.8) is 0 Å². The zero-order chi connectivity index (χ0) is 13.9. The first kappa shape index (κ1) is 12.7. The van der Waals surface area contributed by atoms with Gasteiger partial charge in [-0.15, -0.1) is 0 Å². The Balaban J connectivity index is 1.71. The summed E-state index contributed by atoms with van der Waals surface area (Å²) >= 11 is 0. The molecule has 0 aromatic heterocycles. The van der Waals surface area contributed by atoms with E-state index < -0.39 is 0 Å². The van der Waals surface area contributed by atoms with Crippen LogP contribution in [-0.2, 0) is 13.0 Å². The minimum atomic E-state index is 0.569. The molecule has 1 N–H and O–H groups in total. The van der Waals surface area contributed by atoms with Crippen molar-refractivity contribution in [2.75, 3.05) is 0 Å². The Hall–Kier alpha value is -2.29.